The second-order valence-corrected chi connectivity index (χ2v) is 5.18. The molecule has 0 radical (unpaired) electrons. The van der Waals surface area contributed by atoms with Crippen molar-refractivity contribution >= 4 is 40.6 Å². The number of fused-ring (bicyclic) bond motifs is 1. The first-order chi connectivity index (χ1) is 6.98. The summed E-state index contributed by atoms with van der Waals surface area (Å²) >= 11 is 16.4. The molecule has 0 unspecified atom stereocenters. The molecular weight excluding hydrogens is 262 g/mol. The molecule has 0 amide bonds. The van der Waals surface area contributed by atoms with Gasteiger partial charge < -0.3 is 9.47 Å². The van der Waals surface area contributed by atoms with E-state index in [4.69, 9.17) is 44.3 Å². The third-order valence-electron chi connectivity index (χ3n) is 1.89. The predicted octanol–water partition coefficient (Wildman–Crippen LogP) is 2.97. The highest BCUT2D eigenvalue weighted by atomic mass is 35.6. The van der Waals surface area contributed by atoms with Crippen LogP contribution in [0.3, 0.4) is 0 Å². The Morgan fingerprint density at radius 1 is 1.20 bits per heavy atom. The molecule has 0 N–H and O–H groups in total. The van der Waals surface area contributed by atoms with Gasteiger partial charge in [-0.05, 0) is 18.2 Å². The molecule has 0 aliphatic carbocycles. The summed E-state index contributed by atoms with van der Waals surface area (Å²) in [5.74, 6) is 0.469. The fourth-order valence-corrected chi connectivity index (χ4v) is 1.53. The second kappa shape index (κ2) is 3.74. The molecule has 1 aromatic carbocycles. The molecule has 1 heterocycles. The Morgan fingerprint density at radius 2 is 1.87 bits per heavy atom. The monoisotopic (exact) mass is 266 g/mol. The molecule has 6 heteroatoms. The van der Waals surface area contributed by atoms with E-state index in [2.05, 4.69) is 0 Å². The highest BCUT2D eigenvalue weighted by Crippen LogP contribution is 2.36. The fraction of sp³-hybridized carbons (Fsp3) is 0.222. The SMILES string of the molecule is O=C(c1ccc2c(c1)OCO2)C(Cl)(Cl)Cl. The molecule has 3 nitrogen and oxygen atoms in total. The smallest absolute Gasteiger partial charge is 0.253 e. The summed E-state index contributed by atoms with van der Waals surface area (Å²) in [5.41, 5.74) is 0.277. The minimum absolute atomic E-state index is 0.140. The number of hydrogen-bond donors (Lipinski definition) is 0. The van der Waals surface area contributed by atoms with E-state index >= 15 is 0 Å². The average molecular weight is 267 g/mol. The van der Waals surface area contributed by atoms with Gasteiger partial charge in [-0.25, -0.2) is 0 Å². The Labute approximate surface area is 101 Å². The summed E-state index contributed by atoms with van der Waals surface area (Å²) < 4.78 is 8.23. The van der Waals surface area contributed by atoms with E-state index in [-0.39, 0.29) is 12.4 Å². The van der Waals surface area contributed by atoms with Crippen LogP contribution < -0.4 is 9.47 Å². The molecule has 0 saturated carbocycles. The molecule has 0 saturated heterocycles. The van der Waals surface area contributed by atoms with Crippen LogP contribution in [0, 0.1) is 0 Å². The molecule has 0 atom stereocenters. The van der Waals surface area contributed by atoms with Gasteiger partial charge in [0, 0.05) is 5.56 Å². The van der Waals surface area contributed by atoms with Crippen molar-refractivity contribution in [1.82, 2.24) is 0 Å². The highest BCUT2D eigenvalue weighted by molar-refractivity contribution is 6.77. The number of alkyl halides is 3. The van der Waals surface area contributed by atoms with Gasteiger partial charge >= 0.3 is 0 Å². The van der Waals surface area contributed by atoms with Crippen LogP contribution in [0.15, 0.2) is 18.2 Å². The van der Waals surface area contributed by atoms with E-state index in [1.165, 1.54) is 12.1 Å². The first-order valence-electron chi connectivity index (χ1n) is 3.99. The Kier molecular flexibility index (Phi) is 2.71. The quantitative estimate of drug-likeness (QED) is 0.580. The average Bonchev–Trinajstić information content (AvgIpc) is 2.61. The minimum Gasteiger partial charge on any atom is -0.454 e. The molecule has 0 fully saturated rings. The Balaban J connectivity index is 2.35. The van der Waals surface area contributed by atoms with E-state index in [1.54, 1.807) is 6.07 Å². The Hall–Kier alpha value is -0.640. The van der Waals surface area contributed by atoms with Crippen molar-refractivity contribution in [3.8, 4) is 11.5 Å². The molecule has 0 bridgehead atoms. The lowest BCUT2D eigenvalue weighted by molar-refractivity contribution is 0.0996. The van der Waals surface area contributed by atoms with Crippen LogP contribution in [0.1, 0.15) is 10.4 Å². The van der Waals surface area contributed by atoms with Crippen molar-refractivity contribution < 1.29 is 14.3 Å². The van der Waals surface area contributed by atoms with E-state index in [0.717, 1.165) is 0 Å². The van der Waals surface area contributed by atoms with E-state index in [0.29, 0.717) is 11.5 Å². The van der Waals surface area contributed by atoms with Crippen molar-refractivity contribution in [3.05, 3.63) is 23.8 Å². The van der Waals surface area contributed by atoms with Crippen molar-refractivity contribution in [3.63, 3.8) is 0 Å². The number of benzene rings is 1. The van der Waals surface area contributed by atoms with Crippen LogP contribution in [0.25, 0.3) is 0 Å². The van der Waals surface area contributed by atoms with Gasteiger partial charge in [0.15, 0.2) is 11.5 Å². The molecule has 2 rings (SSSR count). The summed E-state index contributed by atoms with van der Waals surface area (Å²) in [4.78, 5) is 11.6. The van der Waals surface area contributed by atoms with Crippen LogP contribution in [0.4, 0.5) is 0 Å². The highest BCUT2D eigenvalue weighted by Gasteiger charge is 2.32. The van der Waals surface area contributed by atoms with Gasteiger partial charge in [0.25, 0.3) is 3.79 Å². The van der Waals surface area contributed by atoms with Gasteiger partial charge in [-0.2, -0.15) is 0 Å². The van der Waals surface area contributed by atoms with Gasteiger partial charge in [0.2, 0.25) is 12.6 Å². The number of rotatable bonds is 1. The normalized spacial score (nSPS) is 14.1. The second-order valence-electron chi connectivity index (χ2n) is 2.89. The first kappa shape index (κ1) is 10.9. The van der Waals surface area contributed by atoms with E-state index in [1.807, 2.05) is 0 Å². The maximum Gasteiger partial charge on any atom is 0.253 e. The summed E-state index contributed by atoms with van der Waals surface area (Å²) in [6.45, 7) is 0.140. The van der Waals surface area contributed by atoms with Crippen LogP contribution in [0.2, 0.25) is 0 Å². The maximum absolute atomic E-state index is 11.6. The van der Waals surface area contributed by atoms with Crippen molar-refractivity contribution in [2.24, 2.45) is 0 Å². The Bertz CT molecular complexity index is 412. The van der Waals surface area contributed by atoms with E-state index < -0.39 is 9.58 Å². The van der Waals surface area contributed by atoms with Crippen LogP contribution in [0.5, 0.6) is 11.5 Å². The summed E-state index contributed by atoms with van der Waals surface area (Å²) in [6.07, 6.45) is 0. The standard InChI is InChI=1S/C9H5Cl3O3/c10-9(11,12)8(13)5-1-2-6-7(3-5)15-4-14-6/h1-3H,4H2. The lowest BCUT2D eigenvalue weighted by atomic mass is 10.1. The third-order valence-corrected chi connectivity index (χ3v) is 2.41. The van der Waals surface area contributed by atoms with Gasteiger partial charge in [-0.3, -0.25) is 4.79 Å². The molecule has 1 aliphatic rings. The first-order valence-corrected chi connectivity index (χ1v) is 5.13. The van der Waals surface area contributed by atoms with Crippen molar-refractivity contribution in [2.75, 3.05) is 6.79 Å². The fourth-order valence-electron chi connectivity index (χ4n) is 1.20. The van der Waals surface area contributed by atoms with Crippen LogP contribution >= 0.6 is 34.8 Å². The molecule has 15 heavy (non-hydrogen) atoms. The van der Waals surface area contributed by atoms with Gasteiger partial charge in [0.1, 0.15) is 0 Å². The summed E-state index contributed by atoms with van der Waals surface area (Å²) in [6, 6.07) is 4.62. The zero-order valence-electron chi connectivity index (χ0n) is 7.30. The number of ketones is 1. The number of carbonyl (C=O) groups is 1. The molecule has 0 spiro atoms. The predicted molar refractivity (Wildman–Crippen MR) is 57.2 cm³/mol. The topological polar surface area (TPSA) is 35.5 Å². The van der Waals surface area contributed by atoms with E-state index in [9.17, 15) is 4.79 Å². The van der Waals surface area contributed by atoms with Gasteiger partial charge in [0.05, 0.1) is 0 Å². The number of ether oxygens (including phenoxy) is 2. The molecule has 1 aliphatic heterocycles. The molecular formula is C9H5Cl3O3. The maximum atomic E-state index is 11.6. The van der Waals surface area contributed by atoms with Gasteiger partial charge in [-0.1, -0.05) is 34.8 Å². The third kappa shape index (κ3) is 2.14. The summed E-state index contributed by atoms with van der Waals surface area (Å²) in [5, 5.41) is 0. The number of carbonyl (C=O) groups excluding carboxylic acids is 1. The van der Waals surface area contributed by atoms with Crippen molar-refractivity contribution in [2.45, 2.75) is 3.79 Å². The van der Waals surface area contributed by atoms with Crippen LogP contribution in [-0.2, 0) is 0 Å². The minimum atomic E-state index is -1.95. The zero-order chi connectivity index (χ0) is 11.1. The number of halogens is 3. The summed E-state index contributed by atoms with van der Waals surface area (Å²) in [7, 11) is 0. The molecule has 1 aromatic rings. The zero-order valence-corrected chi connectivity index (χ0v) is 9.57. The number of hydrogen-bond acceptors (Lipinski definition) is 3. The Morgan fingerprint density at radius 3 is 2.53 bits per heavy atom. The largest absolute Gasteiger partial charge is 0.454 e. The lowest BCUT2D eigenvalue weighted by Crippen LogP contribution is -2.18. The van der Waals surface area contributed by atoms with Gasteiger partial charge in [-0.15, -0.1) is 0 Å². The number of Topliss-reactive ketones (excluding diaryl/α,β-unsaturated/α-hetero) is 1. The molecule has 0 aromatic heterocycles. The molecule has 80 valence electrons. The van der Waals surface area contributed by atoms with Crippen molar-refractivity contribution in [1.29, 1.82) is 0 Å². The van der Waals surface area contributed by atoms with Crippen LogP contribution in [-0.4, -0.2) is 16.4 Å². The lowest BCUT2D eigenvalue weighted by Gasteiger charge is -2.09.